The molecule has 0 bridgehead atoms. The molecule has 0 radical (unpaired) electrons. The first-order valence-electron chi connectivity index (χ1n) is 9.32. The van der Waals surface area contributed by atoms with Crippen molar-refractivity contribution in [3.05, 3.63) is 76.3 Å². The molecule has 0 aliphatic heterocycles. The monoisotopic (exact) mass is 363 g/mol. The highest BCUT2D eigenvalue weighted by atomic mass is 16.2. The van der Waals surface area contributed by atoms with E-state index in [1.165, 1.54) is 16.5 Å². The SMILES string of the molecule is CCc1ccc([C@H](NC(=O)Cn2cnc3ccccc3c2=O)C(C)C)cc1. The molecule has 0 aliphatic carbocycles. The van der Waals surface area contributed by atoms with Gasteiger partial charge in [-0.25, -0.2) is 4.98 Å². The molecule has 0 spiro atoms. The average molecular weight is 363 g/mol. The molecular formula is C22H25N3O2. The van der Waals surface area contributed by atoms with Crippen LogP contribution in [0.25, 0.3) is 10.9 Å². The Morgan fingerprint density at radius 2 is 1.81 bits per heavy atom. The standard InChI is InChI=1S/C22H25N3O2/c1-4-16-9-11-17(12-10-16)21(15(2)3)24-20(26)13-25-14-23-19-8-6-5-7-18(19)22(25)27/h5-12,14-15,21H,4,13H2,1-3H3,(H,24,26)/t21-/m1/s1. The number of aromatic nitrogens is 2. The van der Waals surface area contributed by atoms with Crippen molar-refractivity contribution in [2.24, 2.45) is 5.92 Å². The Bertz CT molecular complexity index is 990. The number of para-hydroxylation sites is 1. The van der Waals surface area contributed by atoms with E-state index in [2.05, 4.69) is 55.3 Å². The maximum absolute atomic E-state index is 12.6. The maximum atomic E-state index is 12.6. The zero-order chi connectivity index (χ0) is 19.4. The van der Waals surface area contributed by atoms with Gasteiger partial charge >= 0.3 is 0 Å². The molecule has 140 valence electrons. The third kappa shape index (κ3) is 4.25. The molecule has 5 heteroatoms. The Morgan fingerprint density at radius 1 is 1.11 bits per heavy atom. The minimum Gasteiger partial charge on any atom is -0.347 e. The molecule has 2 aromatic carbocycles. The van der Waals surface area contributed by atoms with Crippen molar-refractivity contribution in [1.29, 1.82) is 0 Å². The lowest BCUT2D eigenvalue weighted by Gasteiger charge is -2.23. The van der Waals surface area contributed by atoms with Crippen molar-refractivity contribution in [3.63, 3.8) is 0 Å². The summed E-state index contributed by atoms with van der Waals surface area (Å²) in [6.07, 6.45) is 2.42. The van der Waals surface area contributed by atoms with Gasteiger partial charge in [-0.3, -0.25) is 14.2 Å². The van der Waals surface area contributed by atoms with Crippen LogP contribution in [0, 0.1) is 5.92 Å². The van der Waals surface area contributed by atoms with Gasteiger partial charge in [0.25, 0.3) is 5.56 Å². The number of nitrogens with one attached hydrogen (secondary N) is 1. The van der Waals surface area contributed by atoms with Gasteiger partial charge < -0.3 is 5.32 Å². The smallest absolute Gasteiger partial charge is 0.261 e. The number of aryl methyl sites for hydroxylation is 1. The maximum Gasteiger partial charge on any atom is 0.261 e. The van der Waals surface area contributed by atoms with Crippen LogP contribution in [0.2, 0.25) is 0 Å². The van der Waals surface area contributed by atoms with Crippen LogP contribution in [0.3, 0.4) is 0 Å². The second-order valence-corrected chi connectivity index (χ2v) is 7.08. The quantitative estimate of drug-likeness (QED) is 0.729. The summed E-state index contributed by atoms with van der Waals surface area (Å²) in [7, 11) is 0. The second kappa shape index (κ2) is 8.16. The van der Waals surface area contributed by atoms with Crippen molar-refractivity contribution >= 4 is 16.8 Å². The number of carbonyl (C=O) groups excluding carboxylic acids is 1. The molecule has 1 amide bonds. The molecule has 0 saturated carbocycles. The van der Waals surface area contributed by atoms with Crippen LogP contribution in [0.4, 0.5) is 0 Å². The molecule has 1 heterocycles. The minimum atomic E-state index is -0.204. The van der Waals surface area contributed by atoms with Gasteiger partial charge in [0.05, 0.1) is 23.3 Å². The first kappa shape index (κ1) is 18.8. The fraction of sp³-hybridized carbons (Fsp3) is 0.318. The number of carbonyl (C=O) groups is 1. The molecule has 3 rings (SSSR count). The Morgan fingerprint density at radius 3 is 2.48 bits per heavy atom. The normalized spacial score (nSPS) is 12.3. The van der Waals surface area contributed by atoms with Crippen molar-refractivity contribution in [2.45, 2.75) is 39.8 Å². The summed E-state index contributed by atoms with van der Waals surface area (Å²) < 4.78 is 1.36. The van der Waals surface area contributed by atoms with Gasteiger partial charge in [0.15, 0.2) is 0 Å². The molecule has 1 aromatic heterocycles. The summed E-state index contributed by atoms with van der Waals surface area (Å²) in [5.41, 5.74) is 2.76. The van der Waals surface area contributed by atoms with Crippen LogP contribution in [-0.2, 0) is 17.8 Å². The molecule has 1 N–H and O–H groups in total. The van der Waals surface area contributed by atoms with E-state index in [-0.39, 0.29) is 30.0 Å². The first-order chi connectivity index (χ1) is 13.0. The molecule has 0 aliphatic rings. The summed E-state index contributed by atoms with van der Waals surface area (Å²) in [5, 5.41) is 3.58. The number of hydrogen-bond donors (Lipinski definition) is 1. The zero-order valence-corrected chi connectivity index (χ0v) is 16.0. The third-order valence-corrected chi connectivity index (χ3v) is 4.78. The van der Waals surface area contributed by atoms with Gasteiger partial charge in [-0.05, 0) is 35.6 Å². The third-order valence-electron chi connectivity index (χ3n) is 4.78. The van der Waals surface area contributed by atoms with Gasteiger partial charge in [0, 0.05) is 0 Å². The summed E-state index contributed by atoms with van der Waals surface area (Å²) in [5.74, 6) is 0.0281. The number of fused-ring (bicyclic) bond motifs is 1. The van der Waals surface area contributed by atoms with Crippen molar-refractivity contribution in [1.82, 2.24) is 14.9 Å². The Labute approximate surface area is 159 Å². The molecule has 3 aromatic rings. The molecule has 5 nitrogen and oxygen atoms in total. The van der Waals surface area contributed by atoms with E-state index in [0.29, 0.717) is 10.9 Å². The molecular weight excluding hydrogens is 338 g/mol. The molecule has 1 atom stereocenters. The van der Waals surface area contributed by atoms with Gasteiger partial charge in [0.1, 0.15) is 6.54 Å². The van der Waals surface area contributed by atoms with Gasteiger partial charge in [-0.15, -0.1) is 0 Å². The summed E-state index contributed by atoms with van der Waals surface area (Å²) >= 11 is 0. The lowest BCUT2D eigenvalue weighted by atomic mass is 9.95. The average Bonchev–Trinajstić information content (AvgIpc) is 2.68. The molecule has 0 fully saturated rings. The highest BCUT2D eigenvalue weighted by Crippen LogP contribution is 2.22. The first-order valence-corrected chi connectivity index (χ1v) is 9.32. The topological polar surface area (TPSA) is 64.0 Å². The second-order valence-electron chi connectivity index (χ2n) is 7.08. The number of benzene rings is 2. The van der Waals surface area contributed by atoms with Crippen LogP contribution >= 0.6 is 0 Å². The fourth-order valence-corrected chi connectivity index (χ4v) is 3.19. The largest absolute Gasteiger partial charge is 0.347 e. The van der Waals surface area contributed by atoms with Crippen LogP contribution in [0.15, 0.2) is 59.7 Å². The summed E-state index contributed by atoms with van der Waals surface area (Å²) in [6, 6.07) is 15.4. The van der Waals surface area contributed by atoms with E-state index in [1.54, 1.807) is 18.2 Å². The molecule has 0 unspecified atom stereocenters. The van der Waals surface area contributed by atoms with Crippen molar-refractivity contribution in [3.8, 4) is 0 Å². The zero-order valence-electron chi connectivity index (χ0n) is 16.0. The summed E-state index contributed by atoms with van der Waals surface area (Å²) in [6.45, 7) is 6.21. The predicted octanol–water partition coefficient (Wildman–Crippen LogP) is 3.47. The highest BCUT2D eigenvalue weighted by molar-refractivity contribution is 5.79. The number of nitrogens with zero attached hydrogens (tertiary/aromatic N) is 2. The molecule has 0 saturated heterocycles. The van der Waals surface area contributed by atoms with Crippen molar-refractivity contribution < 1.29 is 4.79 Å². The van der Waals surface area contributed by atoms with Crippen LogP contribution < -0.4 is 10.9 Å². The Hall–Kier alpha value is -2.95. The Kier molecular flexibility index (Phi) is 5.69. The highest BCUT2D eigenvalue weighted by Gasteiger charge is 2.19. The lowest BCUT2D eigenvalue weighted by molar-refractivity contribution is -0.122. The van der Waals surface area contributed by atoms with Crippen LogP contribution in [0.5, 0.6) is 0 Å². The predicted molar refractivity (Wildman–Crippen MR) is 108 cm³/mol. The van der Waals surface area contributed by atoms with Crippen LogP contribution in [-0.4, -0.2) is 15.5 Å². The summed E-state index contributed by atoms with van der Waals surface area (Å²) in [4.78, 5) is 29.5. The van der Waals surface area contributed by atoms with Gasteiger partial charge in [0.2, 0.25) is 5.91 Å². The van der Waals surface area contributed by atoms with E-state index in [4.69, 9.17) is 0 Å². The number of amides is 1. The lowest BCUT2D eigenvalue weighted by Crippen LogP contribution is -2.36. The minimum absolute atomic E-state index is 0.0487. The van der Waals surface area contributed by atoms with E-state index in [9.17, 15) is 9.59 Å². The fourth-order valence-electron chi connectivity index (χ4n) is 3.19. The van der Waals surface area contributed by atoms with E-state index in [1.807, 2.05) is 6.07 Å². The number of hydrogen-bond acceptors (Lipinski definition) is 3. The van der Waals surface area contributed by atoms with Crippen LogP contribution in [0.1, 0.15) is 37.9 Å². The van der Waals surface area contributed by atoms with E-state index in [0.717, 1.165) is 12.0 Å². The Balaban J connectivity index is 1.78. The van der Waals surface area contributed by atoms with E-state index < -0.39 is 0 Å². The van der Waals surface area contributed by atoms with Gasteiger partial charge in [-0.1, -0.05) is 57.2 Å². The van der Waals surface area contributed by atoms with Gasteiger partial charge in [-0.2, -0.15) is 0 Å². The number of rotatable bonds is 6. The van der Waals surface area contributed by atoms with Crippen molar-refractivity contribution in [2.75, 3.05) is 0 Å². The molecule has 27 heavy (non-hydrogen) atoms. The van der Waals surface area contributed by atoms with E-state index >= 15 is 0 Å².